The van der Waals surface area contributed by atoms with E-state index in [2.05, 4.69) is 20.9 Å². The number of carbonyl (C=O) groups is 1. The molecule has 0 spiro atoms. The molecule has 23 heavy (non-hydrogen) atoms. The van der Waals surface area contributed by atoms with Gasteiger partial charge < -0.3 is 4.57 Å². The Hall–Kier alpha value is -1.69. The maximum Gasteiger partial charge on any atom is 0.272 e. The number of carbonyl (C=O) groups excluding carboxylic acids is 1. The van der Waals surface area contributed by atoms with Gasteiger partial charge in [-0.3, -0.25) is 4.79 Å². The second-order valence-electron chi connectivity index (χ2n) is 4.86. The number of aromatic nitrogens is 1. The Kier molecular flexibility index (Phi) is 4.80. The summed E-state index contributed by atoms with van der Waals surface area (Å²) < 4.78 is 3.99. The molecule has 0 unspecified atom stereocenters. The van der Waals surface area contributed by atoms with Crippen LogP contribution in [0.4, 0.5) is 0 Å². The molecule has 0 fully saturated rings. The summed E-state index contributed by atoms with van der Waals surface area (Å²) in [6, 6.07) is 13.3. The van der Waals surface area contributed by atoms with Crippen LogP contribution in [0.15, 0.2) is 58.0 Å². The molecule has 0 aliphatic carbocycles. The molecule has 3 aromatic rings. The Morgan fingerprint density at radius 2 is 2.09 bits per heavy atom. The summed E-state index contributed by atoms with van der Waals surface area (Å²) in [5.74, 6) is -0.314. The molecule has 0 radical (unpaired) electrons. The van der Waals surface area contributed by atoms with Crippen LogP contribution in [0.25, 0.3) is 16.3 Å². The zero-order valence-electron chi connectivity index (χ0n) is 12.2. The first-order valence-corrected chi connectivity index (χ1v) is 8.80. The number of thiazole rings is 1. The standard InChI is InChI=1S/C17H12BrClN2OS/c1-21-14-8-7-12(18)10-15(14)23-17(21)20-16(22)9-6-11-4-2-3-5-13(11)19/h2-10H,1H3. The Morgan fingerprint density at radius 3 is 2.87 bits per heavy atom. The van der Waals surface area contributed by atoms with E-state index in [1.54, 1.807) is 12.1 Å². The van der Waals surface area contributed by atoms with E-state index in [0.29, 0.717) is 9.82 Å². The molecule has 0 saturated heterocycles. The van der Waals surface area contributed by atoms with Crippen molar-refractivity contribution < 1.29 is 4.79 Å². The van der Waals surface area contributed by atoms with E-state index in [4.69, 9.17) is 11.6 Å². The summed E-state index contributed by atoms with van der Waals surface area (Å²) in [7, 11) is 1.90. The zero-order valence-corrected chi connectivity index (χ0v) is 15.3. The first-order valence-electron chi connectivity index (χ1n) is 6.81. The van der Waals surface area contributed by atoms with Gasteiger partial charge in [-0.1, -0.05) is 57.1 Å². The number of amides is 1. The second-order valence-corrected chi connectivity index (χ2v) is 7.19. The maximum atomic E-state index is 12.1. The summed E-state index contributed by atoms with van der Waals surface area (Å²) >= 11 is 11.0. The number of aryl methyl sites for hydroxylation is 1. The fraction of sp³-hybridized carbons (Fsp3) is 0.0588. The fourth-order valence-electron chi connectivity index (χ4n) is 2.12. The molecular formula is C17H12BrClN2OS. The van der Waals surface area contributed by atoms with Gasteiger partial charge in [0.25, 0.3) is 5.91 Å². The van der Waals surface area contributed by atoms with Crippen molar-refractivity contribution in [3.05, 3.63) is 68.4 Å². The normalized spacial score (nSPS) is 12.4. The number of hydrogen-bond acceptors (Lipinski definition) is 2. The van der Waals surface area contributed by atoms with E-state index in [-0.39, 0.29) is 5.91 Å². The smallest absolute Gasteiger partial charge is 0.272 e. The van der Waals surface area contributed by atoms with Gasteiger partial charge in [0.2, 0.25) is 0 Å². The van der Waals surface area contributed by atoms with Crippen molar-refractivity contribution in [2.75, 3.05) is 0 Å². The highest BCUT2D eigenvalue weighted by Gasteiger charge is 2.04. The molecule has 0 bridgehead atoms. The fourth-order valence-corrected chi connectivity index (χ4v) is 3.89. The Labute approximate surface area is 150 Å². The molecule has 1 amide bonds. The average molecular weight is 408 g/mol. The van der Waals surface area contributed by atoms with Gasteiger partial charge in [-0.15, -0.1) is 0 Å². The van der Waals surface area contributed by atoms with E-state index in [9.17, 15) is 4.79 Å². The van der Waals surface area contributed by atoms with Crippen LogP contribution in [0.2, 0.25) is 5.02 Å². The van der Waals surface area contributed by atoms with E-state index in [1.165, 1.54) is 17.4 Å². The van der Waals surface area contributed by atoms with Crippen molar-refractivity contribution in [3.63, 3.8) is 0 Å². The maximum absolute atomic E-state index is 12.1. The van der Waals surface area contributed by atoms with Crippen LogP contribution < -0.4 is 4.80 Å². The predicted octanol–water partition coefficient (Wildman–Crippen LogP) is 4.80. The molecule has 3 nitrogen and oxygen atoms in total. The summed E-state index contributed by atoms with van der Waals surface area (Å²) in [6.45, 7) is 0. The zero-order chi connectivity index (χ0) is 16.4. The molecule has 0 aliphatic rings. The van der Waals surface area contributed by atoms with Crippen molar-refractivity contribution >= 4 is 61.1 Å². The molecule has 3 rings (SSSR count). The molecule has 0 aliphatic heterocycles. The Balaban J connectivity index is 1.94. The van der Waals surface area contributed by atoms with Gasteiger partial charge in [0.1, 0.15) is 0 Å². The van der Waals surface area contributed by atoms with Gasteiger partial charge in [-0.05, 0) is 35.9 Å². The third-order valence-electron chi connectivity index (χ3n) is 3.29. The molecule has 1 heterocycles. The van der Waals surface area contributed by atoms with Gasteiger partial charge in [0, 0.05) is 22.6 Å². The minimum atomic E-state index is -0.314. The highest BCUT2D eigenvalue weighted by molar-refractivity contribution is 9.10. The predicted molar refractivity (Wildman–Crippen MR) is 99.6 cm³/mol. The lowest BCUT2D eigenvalue weighted by Gasteiger charge is -1.95. The lowest BCUT2D eigenvalue weighted by molar-refractivity contribution is -0.113. The van der Waals surface area contributed by atoms with Crippen LogP contribution in [0.1, 0.15) is 5.56 Å². The first-order chi connectivity index (χ1) is 11.0. The summed E-state index contributed by atoms with van der Waals surface area (Å²) in [6.07, 6.45) is 3.11. The largest absolute Gasteiger partial charge is 0.319 e. The monoisotopic (exact) mass is 406 g/mol. The van der Waals surface area contributed by atoms with Crippen LogP contribution in [0.5, 0.6) is 0 Å². The van der Waals surface area contributed by atoms with Crippen LogP contribution >= 0.6 is 38.9 Å². The summed E-state index contributed by atoms with van der Waals surface area (Å²) in [5.41, 5.74) is 1.84. The first kappa shape index (κ1) is 16.2. The Morgan fingerprint density at radius 1 is 1.30 bits per heavy atom. The lowest BCUT2D eigenvalue weighted by Crippen LogP contribution is -2.12. The third-order valence-corrected chi connectivity index (χ3v) is 5.22. The van der Waals surface area contributed by atoms with Crippen molar-refractivity contribution in [2.24, 2.45) is 12.0 Å². The molecule has 0 saturated carbocycles. The van der Waals surface area contributed by atoms with Gasteiger partial charge in [-0.25, -0.2) is 0 Å². The number of nitrogens with zero attached hydrogens (tertiary/aromatic N) is 2. The molecule has 1 aromatic heterocycles. The Bertz CT molecular complexity index is 988. The summed E-state index contributed by atoms with van der Waals surface area (Å²) in [4.78, 5) is 16.9. The van der Waals surface area contributed by atoms with Gasteiger partial charge in [0.15, 0.2) is 4.80 Å². The topological polar surface area (TPSA) is 34.4 Å². The second kappa shape index (κ2) is 6.83. The number of hydrogen-bond donors (Lipinski definition) is 0. The number of benzene rings is 2. The molecule has 0 N–H and O–H groups in total. The third kappa shape index (κ3) is 3.63. The number of rotatable bonds is 2. The van der Waals surface area contributed by atoms with Crippen LogP contribution in [0, 0.1) is 0 Å². The molecule has 6 heteroatoms. The number of fused-ring (bicyclic) bond motifs is 1. The minimum Gasteiger partial charge on any atom is -0.319 e. The van der Waals surface area contributed by atoms with Crippen molar-refractivity contribution in [1.29, 1.82) is 0 Å². The minimum absolute atomic E-state index is 0.314. The van der Waals surface area contributed by atoms with E-state index in [1.807, 2.05) is 48.0 Å². The molecule has 116 valence electrons. The average Bonchev–Trinajstić information content (AvgIpc) is 2.82. The van der Waals surface area contributed by atoms with Gasteiger partial charge in [-0.2, -0.15) is 4.99 Å². The van der Waals surface area contributed by atoms with Gasteiger partial charge >= 0.3 is 0 Å². The highest BCUT2D eigenvalue weighted by atomic mass is 79.9. The van der Waals surface area contributed by atoms with Crippen LogP contribution in [-0.4, -0.2) is 10.5 Å². The van der Waals surface area contributed by atoms with E-state index < -0.39 is 0 Å². The van der Waals surface area contributed by atoms with E-state index >= 15 is 0 Å². The molecule has 2 aromatic carbocycles. The van der Waals surface area contributed by atoms with Crippen molar-refractivity contribution in [3.8, 4) is 0 Å². The van der Waals surface area contributed by atoms with Gasteiger partial charge in [0.05, 0.1) is 10.2 Å². The quantitative estimate of drug-likeness (QED) is 0.562. The SMILES string of the molecule is Cn1c(=NC(=O)C=Cc2ccccc2Cl)sc2cc(Br)ccc21. The number of halogens is 2. The van der Waals surface area contributed by atoms with Crippen LogP contribution in [-0.2, 0) is 11.8 Å². The van der Waals surface area contributed by atoms with Crippen LogP contribution in [0.3, 0.4) is 0 Å². The van der Waals surface area contributed by atoms with Crippen molar-refractivity contribution in [1.82, 2.24) is 4.57 Å². The molecule has 0 atom stereocenters. The molecular weight excluding hydrogens is 396 g/mol. The van der Waals surface area contributed by atoms with Crippen molar-refractivity contribution in [2.45, 2.75) is 0 Å². The highest BCUT2D eigenvalue weighted by Crippen LogP contribution is 2.21. The van der Waals surface area contributed by atoms with E-state index in [0.717, 1.165) is 20.3 Å². The summed E-state index contributed by atoms with van der Waals surface area (Å²) in [5, 5.41) is 0.605. The lowest BCUT2D eigenvalue weighted by atomic mass is 10.2.